The lowest BCUT2D eigenvalue weighted by molar-refractivity contribution is -0.160. The molecule has 0 aliphatic heterocycles. The van der Waals surface area contributed by atoms with Crippen LogP contribution in [0.1, 0.15) is 18.4 Å². The van der Waals surface area contributed by atoms with Crippen molar-refractivity contribution >= 4 is 15.7 Å². The number of nitrogens with two attached hydrogens (primary N) is 1. The van der Waals surface area contributed by atoms with Crippen LogP contribution in [0.15, 0.2) is 23.1 Å². The summed E-state index contributed by atoms with van der Waals surface area (Å²) in [5, 5.41) is 0. The summed E-state index contributed by atoms with van der Waals surface area (Å²) in [5.41, 5.74) is 3.84. The number of hydrogen-bond donors (Lipinski definition) is 2. The highest BCUT2D eigenvalue weighted by Crippen LogP contribution is 2.49. The molecule has 0 aromatic heterocycles. The van der Waals surface area contributed by atoms with Crippen molar-refractivity contribution < 1.29 is 21.6 Å². The molecule has 0 unspecified atom stereocenters. The molecule has 0 amide bonds. The Morgan fingerprint density at radius 2 is 1.89 bits per heavy atom. The van der Waals surface area contributed by atoms with E-state index in [0.29, 0.717) is 11.3 Å². The summed E-state index contributed by atoms with van der Waals surface area (Å²) < 4.78 is 64.1. The fraction of sp³-hybridized carbons (Fsp3) is 0.455. The summed E-state index contributed by atoms with van der Waals surface area (Å²) >= 11 is 0. The van der Waals surface area contributed by atoms with Gasteiger partial charge in [-0.2, -0.15) is 17.9 Å². The van der Waals surface area contributed by atoms with Gasteiger partial charge < -0.3 is 5.73 Å². The van der Waals surface area contributed by atoms with Gasteiger partial charge in [-0.1, -0.05) is 0 Å². The van der Waals surface area contributed by atoms with E-state index in [1.54, 1.807) is 4.72 Å². The fourth-order valence-electron chi connectivity index (χ4n) is 1.85. The first-order valence-corrected chi connectivity index (χ1v) is 7.03. The highest BCUT2D eigenvalue weighted by Gasteiger charge is 2.65. The molecule has 1 aromatic carbocycles. The Hall–Kier alpha value is -1.28. The number of nitrogens with one attached hydrogen (secondary N) is 1. The quantitative estimate of drug-likeness (QED) is 0.837. The van der Waals surface area contributed by atoms with Crippen LogP contribution in [-0.2, 0) is 10.0 Å². The van der Waals surface area contributed by atoms with Gasteiger partial charge in [0.25, 0.3) is 0 Å². The van der Waals surface area contributed by atoms with Crippen molar-refractivity contribution in [2.75, 3.05) is 5.73 Å². The van der Waals surface area contributed by atoms with Crippen molar-refractivity contribution in [3.05, 3.63) is 23.8 Å². The number of sulfonamides is 1. The second kappa shape index (κ2) is 4.11. The van der Waals surface area contributed by atoms with Crippen LogP contribution in [0, 0.1) is 6.92 Å². The summed E-state index contributed by atoms with van der Waals surface area (Å²) in [6, 6.07) is 3.95. The molecule has 0 spiro atoms. The van der Waals surface area contributed by atoms with Crippen molar-refractivity contribution in [3.63, 3.8) is 0 Å². The number of benzene rings is 1. The minimum Gasteiger partial charge on any atom is -0.399 e. The predicted octanol–water partition coefficient (Wildman–Crippen LogP) is 1.95. The number of anilines is 1. The summed E-state index contributed by atoms with van der Waals surface area (Å²) in [5.74, 6) is 0. The zero-order valence-electron chi connectivity index (χ0n) is 10.1. The van der Waals surface area contributed by atoms with E-state index in [4.69, 9.17) is 5.73 Å². The average molecular weight is 294 g/mol. The number of hydrogen-bond acceptors (Lipinski definition) is 3. The monoisotopic (exact) mass is 294 g/mol. The molecule has 1 aromatic rings. The standard InChI is InChI=1S/C11H13F3N2O2S/c1-7-6-8(15)2-3-9(7)19(17,18)16-10(4-5-10)11(12,13)14/h2-3,6,16H,4-5,15H2,1H3. The molecule has 8 heteroatoms. The van der Waals surface area contributed by atoms with Crippen LogP contribution in [0.4, 0.5) is 18.9 Å². The van der Waals surface area contributed by atoms with Gasteiger partial charge in [0.2, 0.25) is 10.0 Å². The maximum absolute atomic E-state index is 12.8. The van der Waals surface area contributed by atoms with Crippen molar-refractivity contribution in [2.45, 2.75) is 36.4 Å². The normalized spacial score (nSPS) is 18.3. The van der Waals surface area contributed by atoms with Gasteiger partial charge in [0.05, 0.1) is 4.90 Å². The minimum absolute atomic E-state index is 0.183. The highest BCUT2D eigenvalue weighted by atomic mass is 32.2. The lowest BCUT2D eigenvalue weighted by atomic mass is 10.2. The SMILES string of the molecule is Cc1cc(N)ccc1S(=O)(=O)NC1(C(F)(F)F)CC1. The van der Waals surface area contributed by atoms with Gasteiger partial charge in [0, 0.05) is 5.69 Å². The summed E-state index contributed by atoms with van der Waals surface area (Å²) in [4.78, 5) is -0.183. The molecule has 0 bridgehead atoms. The van der Waals surface area contributed by atoms with E-state index in [2.05, 4.69) is 0 Å². The van der Waals surface area contributed by atoms with Gasteiger partial charge in [0.1, 0.15) is 5.54 Å². The lowest BCUT2D eigenvalue weighted by Gasteiger charge is -2.21. The largest absolute Gasteiger partial charge is 0.407 e. The van der Waals surface area contributed by atoms with Crippen LogP contribution >= 0.6 is 0 Å². The van der Waals surface area contributed by atoms with E-state index in [1.807, 2.05) is 0 Å². The molecule has 0 saturated heterocycles. The van der Waals surface area contributed by atoms with Crippen molar-refractivity contribution in [1.82, 2.24) is 4.72 Å². The minimum atomic E-state index is -4.58. The van der Waals surface area contributed by atoms with Crippen LogP contribution < -0.4 is 10.5 Å². The number of alkyl halides is 3. The molecular weight excluding hydrogens is 281 g/mol. The van der Waals surface area contributed by atoms with Gasteiger partial charge >= 0.3 is 6.18 Å². The first kappa shape index (κ1) is 14.1. The zero-order valence-corrected chi connectivity index (χ0v) is 10.9. The third-order valence-corrected chi connectivity index (χ3v) is 4.81. The van der Waals surface area contributed by atoms with Crippen LogP contribution in [0.25, 0.3) is 0 Å². The Morgan fingerprint density at radius 3 is 2.32 bits per heavy atom. The number of nitrogen functional groups attached to an aromatic ring is 1. The van der Waals surface area contributed by atoms with Crippen LogP contribution in [0.3, 0.4) is 0 Å². The van der Waals surface area contributed by atoms with Crippen LogP contribution in [0.2, 0.25) is 0 Å². The topological polar surface area (TPSA) is 72.2 Å². The van der Waals surface area contributed by atoms with Gasteiger partial charge in [-0.3, -0.25) is 0 Å². The average Bonchev–Trinajstić information content (AvgIpc) is 2.96. The Kier molecular flexibility index (Phi) is 3.06. The predicted molar refractivity (Wildman–Crippen MR) is 63.9 cm³/mol. The molecule has 19 heavy (non-hydrogen) atoms. The molecule has 3 N–H and O–H groups in total. The first-order valence-electron chi connectivity index (χ1n) is 5.54. The van der Waals surface area contributed by atoms with Crippen molar-refractivity contribution in [2.24, 2.45) is 0 Å². The van der Waals surface area contributed by atoms with E-state index in [9.17, 15) is 21.6 Å². The van der Waals surface area contributed by atoms with E-state index in [-0.39, 0.29) is 17.7 Å². The molecule has 106 valence electrons. The van der Waals surface area contributed by atoms with E-state index < -0.39 is 21.7 Å². The maximum atomic E-state index is 12.8. The van der Waals surface area contributed by atoms with Crippen molar-refractivity contribution in [3.8, 4) is 0 Å². The van der Waals surface area contributed by atoms with Gasteiger partial charge in [0.15, 0.2) is 0 Å². The number of halogens is 3. The molecule has 0 heterocycles. The smallest absolute Gasteiger partial charge is 0.399 e. The van der Waals surface area contributed by atoms with Gasteiger partial charge in [-0.25, -0.2) is 8.42 Å². The molecule has 1 fully saturated rings. The molecule has 0 radical (unpaired) electrons. The second-order valence-corrected chi connectivity index (χ2v) is 6.36. The Labute approximate surface area is 108 Å². The van der Waals surface area contributed by atoms with E-state index >= 15 is 0 Å². The molecule has 1 saturated carbocycles. The van der Waals surface area contributed by atoms with Crippen LogP contribution in [-0.4, -0.2) is 20.1 Å². The van der Waals surface area contributed by atoms with E-state index in [0.717, 1.165) is 0 Å². The maximum Gasteiger partial charge on any atom is 0.407 e. The zero-order chi connectivity index (χ0) is 14.5. The molecule has 4 nitrogen and oxygen atoms in total. The Morgan fingerprint density at radius 1 is 1.32 bits per heavy atom. The van der Waals surface area contributed by atoms with Crippen molar-refractivity contribution in [1.29, 1.82) is 0 Å². The van der Waals surface area contributed by atoms with Crippen LogP contribution in [0.5, 0.6) is 0 Å². The Bertz CT molecular complexity index is 607. The highest BCUT2D eigenvalue weighted by molar-refractivity contribution is 7.89. The summed E-state index contributed by atoms with van der Waals surface area (Å²) in [6.07, 6.45) is -5.05. The van der Waals surface area contributed by atoms with Gasteiger partial charge in [-0.05, 0) is 43.5 Å². The third kappa shape index (κ3) is 2.55. The second-order valence-electron chi connectivity index (χ2n) is 4.71. The summed E-state index contributed by atoms with van der Waals surface area (Å²) in [7, 11) is -4.21. The molecule has 0 atom stereocenters. The number of aryl methyl sites for hydroxylation is 1. The lowest BCUT2D eigenvalue weighted by Crippen LogP contribution is -2.47. The molecule has 2 rings (SSSR count). The summed E-state index contributed by atoms with van der Waals surface area (Å²) in [6.45, 7) is 1.48. The van der Waals surface area contributed by atoms with E-state index in [1.165, 1.54) is 25.1 Å². The fourth-order valence-corrected chi connectivity index (χ4v) is 3.53. The Balaban J connectivity index is 2.34. The first-order chi connectivity index (χ1) is 8.57. The molecule has 1 aliphatic carbocycles. The molecule has 1 aliphatic rings. The van der Waals surface area contributed by atoms with Gasteiger partial charge in [-0.15, -0.1) is 0 Å². The third-order valence-electron chi connectivity index (χ3n) is 3.11. The molecular formula is C11H13F3N2O2S. The number of rotatable bonds is 3.